The van der Waals surface area contributed by atoms with Gasteiger partial charge in [0.25, 0.3) is 11.8 Å². The maximum Gasteiger partial charge on any atom is 0.410 e. The first-order chi connectivity index (χ1) is 19.7. The average molecular weight is 609 g/mol. The minimum absolute atomic E-state index is 0.0244. The molecule has 2 aromatic rings. The number of Topliss-reactive ketones (excluding diaryl/α,β-unsaturated/α-hetero) is 1. The summed E-state index contributed by atoms with van der Waals surface area (Å²) in [5.74, 6) is -5.09. The monoisotopic (exact) mass is 608 g/mol. The molecule has 1 unspecified atom stereocenters. The second-order valence-corrected chi connectivity index (χ2v) is 13.7. The summed E-state index contributed by atoms with van der Waals surface area (Å²) in [6.07, 6.45) is -1.11. The summed E-state index contributed by atoms with van der Waals surface area (Å²) in [6, 6.07) is 0.309. The number of carbonyl (C=O) groups excluding carboxylic acids is 3. The van der Waals surface area contributed by atoms with Crippen LogP contribution in [-0.2, 0) is 25.6 Å². The molecule has 2 aliphatic heterocycles. The van der Waals surface area contributed by atoms with E-state index in [0.717, 1.165) is 19.8 Å². The molecule has 5 rings (SSSR count). The van der Waals surface area contributed by atoms with Crippen LogP contribution in [0.3, 0.4) is 0 Å². The predicted octanol–water partition coefficient (Wildman–Crippen LogP) is 6.05. The first-order valence-electron chi connectivity index (χ1n) is 14.2. The van der Waals surface area contributed by atoms with Gasteiger partial charge < -0.3 is 24.1 Å². The minimum atomic E-state index is -3.68. The predicted molar refractivity (Wildman–Crippen MR) is 149 cm³/mol. The summed E-state index contributed by atoms with van der Waals surface area (Å²) in [7, 11) is 0. The van der Waals surface area contributed by atoms with Gasteiger partial charge in [-0.1, -0.05) is 0 Å². The number of aromatic nitrogens is 2. The van der Waals surface area contributed by atoms with Crippen molar-refractivity contribution in [1.82, 2.24) is 20.4 Å². The lowest BCUT2D eigenvalue weighted by molar-refractivity contribution is -0.122. The van der Waals surface area contributed by atoms with E-state index in [2.05, 4.69) is 15.5 Å². The number of ketones is 1. The van der Waals surface area contributed by atoms with Gasteiger partial charge in [0, 0.05) is 25.1 Å². The van der Waals surface area contributed by atoms with Crippen molar-refractivity contribution in [2.24, 2.45) is 5.92 Å². The van der Waals surface area contributed by atoms with Crippen LogP contribution in [0.2, 0.25) is 0 Å². The Hall–Kier alpha value is -3.64. The van der Waals surface area contributed by atoms with Gasteiger partial charge in [0.2, 0.25) is 5.89 Å². The van der Waals surface area contributed by atoms with Gasteiger partial charge in [0.15, 0.2) is 5.78 Å². The quantitative estimate of drug-likeness (QED) is 0.403. The van der Waals surface area contributed by atoms with E-state index in [1.54, 1.807) is 46.4 Å². The van der Waals surface area contributed by atoms with Gasteiger partial charge in [0.1, 0.15) is 17.0 Å². The third-order valence-corrected chi connectivity index (χ3v) is 7.44. The summed E-state index contributed by atoms with van der Waals surface area (Å²) in [5.41, 5.74) is -2.91. The lowest BCUT2D eigenvalue weighted by Gasteiger charge is -2.54. The Morgan fingerprint density at radius 3 is 2.30 bits per heavy atom. The summed E-state index contributed by atoms with van der Waals surface area (Å²) in [4.78, 5) is 38.5. The number of aryl methyl sites for hydroxylation is 1. The number of halogens is 3. The lowest BCUT2D eigenvalue weighted by atomic mass is 9.58. The molecule has 1 saturated carbocycles. The average Bonchev–Trinajstić information content (AvgIpc) is 3.32. The molecule has 1 aromatic heterocycles. The van der Waals surface area contributed by atoms with Crippen LogP contribution in [0.15, 0.2) is 16.5 Å². The summed E-state index contributed by atoms with van der Waals surface area (Å²) in [6.45, 7) is 13.5. The first kappa shape index (κ1) is 32.3. The maximum absolute atomic E-state index is 15.4. The van der Waals surface area contributed by atoms with Crippen LogP contribution in [0.1, 0.15) is 84.7 Å². The summed E-state index contributed by atoms with van der Waals surface area (Å²) < 4.78 is 62.7. The summed E-state index contributed by atoms with van der Waals surface area (Å²) >= 11 is 0. The molecule has 3 heterocycles. The topological polar surface area (TPSA) is 124 Å². The SMILES string of the molecule is CC(=O)C(CC(F)(F)c1cc(F)c(-c2nnc(C34CC(CN(C(=O)OC(C)(C)C)C3)C4)o2)cc1C)NC(=O)OC(C)(C)C. The minimum Gasteiger partial charge on any atom is -0.444 e. The molecule has 10 nitrogen and oxygen atoms in total. The molecule has 236 valence electrons. The molecule has 3 aliphatic rings. The van der Waals surface area contributed by atoms with Crippen LogP contribution in [0.4, 0.5) is 22.8 Å². The molecule has 13 heteroatoms. The lowest BCUT2D eigenvalue weighted by Crippen LogP contribution is -2.61. The van der Waals surface area contributed by atoms with Crippen LogP contribution in [0, 0.1) is 18.7 Å². The van der Waals surface area contributed by atoms with Gasteiger partial charge in [0.05, 0.1) is 17.0 Å². The van der Waals surface area contributed by atoms with Crippen LogP contribution >= 0.6 is 0 Å². The molecule has 0 radical (unpaired) electrons. The Kier molecular flexibility index (Phi) is 8.35. The van der Waals surface area contributed by atoms with Crippen LogP contribution in [0.25, 0.3) is 11.5 Å². The highest BCUT2D eigenvalue weighted by Gasteiger charge is 2.56. The highest BCUT2D eigenvalue weighted by molar-refractivity contribution is 5.85. The molecule has 2 amide bonds. The number of alkyl halides is 2. The van der Waals surface area contributed by atoms with E-state index in [1.165, 1.54) is 13.0 Å². The van der Waals surface area contributed by atoms with Crippen molar-refractivity contribution < 1.29 is 41.4 Å². The van der Waals surface area contributed by atoms with Crippen LogP contribution in [-0.4, -0.2) is 63.4 Å². The van der Waals surface area contributed by atoms with E-state index in [0.29, 0.717) is 19.2 Å². The highest BCUT2D eigenvalue weighted by atomic mass is 19.3. The second kappa shape index (κ2) is 11.1. The Morgan fingerprint density at radius 2 is 1.72 bits per heavy atom. The van der Waals surface area contributed by atoms with Crippen molar-refractivity contribution in [2.75, 3.05) is 13.1 Å². The van der Waals surface area contributed by atoms with E-state index in [1.807, 2.05) is 0 Å². The molecule has 1 N–H and O–H groups in total. The van der Waals surface area contributed by atoms with Gasteiger partial charge in [-0.2, -0.15) is 0 Å². The second-order valence-electron chi connectivity index (χ2n) is 13.7. The zero-order valence-corrected chi connectivity index (χ0v) is 25.8. The molecule has 1 aromatic carbocycles. The standard InChI is InChI=1S/C30H39F3N4O6/c1-16-9-19(21(31)10-20(16)30(32,33)13-22(17(2)38)34-25(39)42-27(3,4)5)23-35-36-24(41-23)29-11-18(12-29)14-37(15-29)26(40)43-28(6,7)8/h9-10,18,22H,11-15H2,1-8H3,(H,34,39). The van der Waals surface area contributed by atoms with Gasteiger partial charge in [-0.15, -0.1) is 10.2 Å². The molecule has 1 atom stereocenters. The van der Waals surface area contributed by atoms with Gasteiger partial charge in [-0.05, 0) is 91.8 Å². The Balaban J connectivity index is 1.52. The fraction of sp³-hybridized carbons (Fsp3) is 0.633. The number of fused-ring (bicyclic) bond motifs is 2. The number of hydrogen-bond acceptors (Lipinski definition) is 8. The molecule has 0 spiro atoms. The number of nitrogens with one attached hydrogen (secondary N) is 1. The van der Waals surface area contributed by atoms with Crippen molar-refractivity contribution in [3.63, 3.8) is 0 Å². The van der Waals surface area contributed by atoms with Gasteiger partial charge >= 0.3 is 12.2 Å². The van der Waals surface area contributed by atoms with E-state index in [9.17, 15) is 14.4 Å². The molecular weight excluding hydrogens is 569 g/mol. The zero-order chi connectivity index (χ0) is 32.1. The smallest absolute Gasteiger partial charge is 0.410 e. The van der Waals surface area contributed by atoms with E-state index < -0.39 is 64.4 Å². The zero-order valence-electron chi connectivity index (χ0n) is 25.8. The van der Waals surface area contributed by atoms with Crippen molar-refractivity contribution in [2.45, 2.75) is 103 Å². The normalized spacial score (nSPS) is 21.1. The van der Waals surface area contributed by atoms with Gasteiger partial charge in [-0.3, -0.25) is 4.79 Å². The first-order valence-corrected chi connectivity index (χ1v) is 14.2. The fourth-order valence-corrected chi connectivity index (χ4v) is 5.65. The fourth-order valence-electron chi connectivity index (χ4n) is 5.65. The van der Waals surface area contributed by atoms with Gasteiger partial charge in [-0.25, -0.2) is 22.8 Å². The van der Waals surface area contributed by atoms with Crippen LogP contribution < -0.4 is 5.32 Å². The van der Waals surface area contributed by atoms with Crippen LogP contribution in [0.5, 0.6) is 0 Å². The highest BCUT2D eigenvalue weighted by Crippen LogP contribution is 2.52. The third-order valence-electron chi connectivity index (χ3n) is 7.44. The molecular formula is C30H39F3N4O6. The number of alkyl carbamates (subject to hydrolysis) is 1. The molecule has 2 bridgehead atoms. The number of nitrogens with zero attached hydrogens (tertiary/aromatic N) is 3. The number of benzene rings is 1. The molecule has 3 fully saturated rings. The molecule has 43 heavy (non-hydrogen) atoms. The number of piperidine rings is 2. The third kappa shape index (κ3) is 7.30. The number of rotatable bonds is 7. The Morgan fingerprint density at radius 1 is 1.09 bits per heavy atom. The van der Waals surface area contributed by atoms with E-state index in [4.69, 9.17) is 13.9 Å². The number of amides is 2. The molecule has 2 saturated heterocycles. The maximum atomic E-state index is 15.4. The van der Waals surface area contributed by atoms with Crippen molar-refractivity contribution in [3.8, 4) is 11.5 Å². The van der Waals surface area contributed by atoms with Crippen molar-refractivity contribution in [3.05, 3.63) is 35.0 Å². The number of hydrogen-bond donors (Lipinski definition) is 1. The Labute approximate surface area is 248 Å². The summed E-state index contributed by atoms with van der Waals surface area (Å²) in [5, 5.41) is 10.3. The largest absolute Gasteiger partial charge is 0.444 e. The molecule has 1 aliphatic carbocycles. The Bertz CT molecular complexity index is 1410. The van der Waals surface area contributed by atoms with Crippen molar-refractivity contribution >= 4 is 18.0 Å². The van der Waals surface area contributed by atoms with E-state index >= 15 is 13.2 Å². The van der Waals surface area contributed by atoms with Crippen molar-refractivity contribution in [1.29, 1.82) is 0 Å². The number of carbonyl (C=O) groups is 3. The number of ether oxygens (including phenoxy) is 2. The van der Waals surface area contributed by atoms with E-state index in [-0.39, 0.29) is 28.8 Å².